The molecule has 0 aliphatic heterocycles. The van der Waals surface area contributed by atoms with Crippen LogP contribution in [0.2, 0.25) is 0 Å². The van der Waals surface area contributed by atoms with E-state index in [9.17, 15) is 9.59 Å². The number of pyridine rings is 1. The molecule has 0 aromatic carbocycles. The maximum absolute atomic E-state index is 11.6. The van der Waals surface area contributed by atoms with Crippen molar-refractivity contribution in [3.8, 4) is 0 Å². The summed E-state index contributed by atoms with van der Waals surface area (Å²) >= 11 is 0. The summed E-state index contributed by atoms with van der Waals surface area (Å²) in [5.74, 6) is -0.0986. The van der Waals surface area contributed by atoms with Crippen molar-refractivity contribution in [2.45, 2.75) is 20.4 Å². The van der Waals surface area contributed by atoms with Gasteiger partial charge < -0.3 is 9.88 Å². The highest BCUT2D eigenvalue weighted by Gasteiger charge is 2.07. The summed E-state index contributed by atoms with van der Waals surface area (Å²) in [5, 5.41) is 2.71. The Balaban J connectivity index is 2.70. The Morgan fingerprint density at radius 2 is 2.20 bits per heavy atom. The molecule has 0 spiro atoms. The van der Waals surface area contributed by atoms with E-state index in [2.05, 4.69) is 5.32 Å². The van der Waals surface area contributed by atoms with Crippen molar-refractivity contribution in [3.05, 3.63) is 34.2 Å². The first kappa shape index (κ1) is 11.5. The highest BCUT2D eigenvalue weighted by atomic mass is 16.2. The van der Waals surface area contributed by atoms with Crippen LogP contribution in [0.1, 0.15) is 19.4 Å². The van der Waals surface area contributed by atoms with Gasteiger partial charge in [-0.05, 0) is 6.07 Å². The summed E-state index contributed by atoms with van der Waals surface area (Å²) in [6.07, 6.45) is 1.69. The van der Waals surface area contributed by atoms with E-state index in [1.54, 1.807) is 25.4 Å². The number of nitrogens with one attached hydrogen (secondary N) is 1. The molecule has 0 saturated heterocycles. The lowest BCUT2D eigenvalue weighted by atomic mass is 10.2. The first-order chi connectivity index (χ1) is 7.02. The second-order valence-electron chi connectivity index (χ2n) is 3.82. The maximum atomic E-state index is 11.6. The fraction of sp³-hybridized carbons (Fsp3) is 0.455. The average Bonchev–Trinajstić information content (AvgIpc) is 2.19. The van der Waals surface area contributed by atoms with Crippen molar-refractivity contribution >= 4 is 5.91 Å². The van der Waals surface area contributed by atoms with Crippen LogP contribution >= 0.6 is 0 Å². The quantitative estimate of drug-likeness (QED) is 0.793. The lowest BCUT2D eigenvalue weighted by Gasteiger charge is -2.07. The molecule has 1 aromatic heterocycles. The second-order valence-corrected chi connectivity index (χ2v) is 3.82. The highest BCUT2D eigenvalue weighted by molar-refractivity contribution is 5.77. The van der Waals surface area contributed by atoms with Gasteiger partial charge in [-0.3, -0.25) is 9.59 Å². The van der Waals surface area contributed by atoms with Crippen molar-refractivity contribution in [1.82, 2.24) is 9.88 Å². The molecule has 0 aliphatic carbocycles. The van der Waals surface area contributed by atoms with Gasteiger partial charge in [-0.25, -0.2) is 0 Å². The lowest BCUT2D eigenvalue weighted by molar-refractivity contribution is -0.124. The second kappa shape index (κ2) is 4.77. The van der Waals surface area contributed by atoms with Gasteiger partial charge in [0, 0.05) is 31.3 Å². The molecule has 0 aliphatic rings. The first-order valence-electron chi connectivity index (χ1n) is 4.94. The molecule has 0 radical (unpaired) electrons. The summed E-state index contributed by atoms with van der Waals surface area (Å²) in [5.41, 5.74) is 0.538. The Hall–Kier alpha value is -1.58. The Labute approximate surface area is 88.9 Å². The smallest absolute Gasteiger partial charge is 0.255 e. The monoisotopic (exact) mass is 208 g/mol. The Kier molecular flexibility index (Phi) is 3.66. The van der Waals surface area contributed by atoms with Crippen LogP contribution in [-0.2, 0) is 18.4 Å². The molecule has 82 valence electrons. The number of aromatic nitrogens is 1. The maximum Gasteiger partial charge on any atom is 0.255 e. The third-order valence-electron chi connectivity index (χ3n) is 2.18. The van der Waals surface area contributed by atoms with Gasteiger partial charge >= 0.3 is 0 Å². The fourth-order valence-electron chi connectivity index (χ4n) is 1.17. The van der Waals surface area contributed by atoms with E-state index in [0.717, 1.165) is 0 Å². The van der Waals surface area contributed by atoms with Crippen LogP contribution in [0.3, 0.4) is 0 Å². The highest BCUT2D eigenvalue weighted by Crippen LogP contribution is 1.94. The molecule has 0 bridgehead atoms. The predicted molar refractivity (Wildman–Crippen MR) is 58.4 cm³/mol. The molecular weight excluding hydrogens is 192 g/mol. The largest absolute Gasteiger partial charge is 0.352 e. The van der Waals surface area contributed by atoms with Gasteiger partial charge in [-0.1, -0.05) is 19.9 Å². The van der Waals surface area contributed by atoms with Gasteiger partial charge in [-0.2, -0.15) is 0 Å². The minimum Gasteiger partial charge on any atom is -0.352 e. The molecule has 0 fully saturated rings. The van der Waals surface area contributed by atoms with Crippen LogP contribution in [-0.4, -0.2) is 10.5 Å². The summed E-state index contributed by atoms with van der Waals surface area (Å²) in [7, 11) is 1.69. The number of hydrogen-bond acceptors (Lipinski definition) is 2. The van der Waals surface area contributed by atoms with Crippen LogP contribution in [0.4, 0.5) is 0 Å². The molecular formula is C11H16N2O2. The van der Waals surface area contributed by atoms with Crippen molar-refractivity contribution in [2.24, 2.45) is 13.0 Å². The summed E-state index contributed by atoms with van der Waals surface area (Å²) < 4.78 is 1.50. The minimum atomic E-state index is -0.0680. The van der Waals surface area contributed by atoms with Gasteiger partial charge in [0.05, 0.1) is 0 Å². The zero-order valence-electron chi connectivity index (χ0n) is 9.28. The Morgan fingerprint density at radius 1 is 1.53 bits per heavy atom. The molecule has 1 amide bonds. The fourth-order valence-corrected chi connectivity index (χ4v) is 1.17. The van der Waals surface area contributed by atoms with E-state index < -0.39 is 0 Å². The van der Waals surface area contributed by atoms with E-state index in [-0.39, 0.29) is 17.4 Å². The SMILES string of the molecule is CC(C)C(=O)NCc1cccn(C)c1=O. The number of aryl methyl sites for hydroxylation is 1. The topological polar surface area (TPSA) is 51.1 Å². The molecule has 0 atom stereocenters. The summed E-state index contributed by atoms with van der Waals surface area (Å²) in [6, 6.07) is 3.52. The molecule has 15 heavy (non-hydrogen) atoms. The van der Waals surface area contributed by atoms with Crippen molar-refractivity contribution < 1.29 is 4.79 Å². The third-order valence-corrected chi connectivity index (χ3v) is 2.18. The first-order valence-corrected chi connectivity index (χ1v) is 4.94. The zero-order chi connectivity index (χ0) is 11.4. The minimum absolute atomic E-state index is 0.0408. The molecule has 1 heterocycles. The van der Waals surface area contributed by atoms with Crippen LogP contribution in [0.25, 0.3) is 0 Å². The molecule has 0 unspecified atom stereocenters. The normalized spacial score (nSPS) is 10.4. The number of hydrogen-bond donors (Lipinski definition) is 1. The van der Waals surface area contributed by atoms with Crippen LogP contribution in [0.5, 0.6) is 0 Å². The van der Waals surface area contributed by atoms with Crippen molar-refractivity contribution in [1.29, 1.82) is 0 Å². The molecule has 4 heteroatoms. The van der Waals surface area contributed by atoms with E-state index >= 15 is 0 Å². The molecule has 4 nitrogen and oxygen atoms in total. The summed E-state index contributed by atoms with van der Waals surface area (Å²) in [6.45, 7) is 3.93. The van der Waals surface area contributed by atoms with Gasteiger partial charge in [0.2, 0.25) is 5.91 Å². The standard InChI is InChI=1S/C11H16N2O2/c1-8(2)10(14)12-7-9-5-4-6-13(3)11(9)15/h4-6,8H,7H2,1-3H3,(H,12,14). The van der Waals surface area contributed by atoms with Crippen LogP contribution in [0.15, 0.2) is 23.1 Å². The van der Waals surface area contributed by atoms with Crippen LogP contribution < -0.4 is 10.9 Å². The number of rotatable bonds is 3. The average molecular weight is 208 g/mol. The molecule has 0 saturated carbocycles. The van der Waals surface area contributed by atoms with E-state index in [1.165, 1.54) is 4.57 Å². The number of nitrogens with zero attached hydrogens (tertiary/aromatic N) is 1. The lowest BCUT2D eigenvalue weighted by Crippen LogP contribution is -2.31. The van der Waals surface area contributed by atoms with Crippen molar-refractivity contribution in [2.75, 3.05) is 0 Å². The summed E-state index contributed by atoms with van der Waals surface area (Å²) in [4.78, 5) is 22.9. The van der Waals surface area contributed by atoms with Gasteiger partial charge in [0.15, 0.2) is 0 Å². The van der Waals surface area contributed by atoms with Crippen molar-refractivity contribution in [3.63, 3.8) is 0 Å². The van der Waals surface area contributed by atoms with Gasteiger partial charge in [0.25, 0.3) is 5.56 Å². The number of amides is 1. The third kappa shape index (κ3) is 2.94. The van der Waals surface area contributed by atoms with Gasteiger partial charge in [0.1, 0.15) is 0 Å². The predicted octanol–water partition coefficient (Wildman–Crippen LogP) is 0.658. The van der Waals surface area contributed by atoms with E-state index in [4.69, 9.17) is 0 Å². The number of carbonyl (C=O) groups is 1. The molecule has 1 aromatic rings. The van der Waals surface area contributed by atoms with Gasteiger partial charge in [-0.15, -0.1) is 0 Å². The zero-order valence-corrected chi connectivity index (χ0v) is 9.28. The molecule has 1 rings (SSSR count). The van der Waals surface area contributed by atoms with Crippen LogP contribution in [0, 0.1) is 5.92 Å². The number of carbonyl (C=O) groups excluding carboxylic acids is 1. The van der Waals surface area contributed by atoms with E-state index in [0.29, 0.717) is 12.1 Å². The van der Waals surface area contributed by atoms with E-state index in [1.807, 2.05) is 13.8 Å². The Bertz CT molecular complexity index is 407. The Morgan fingerprint density at radius 3 is 2.80 bits per heavy atom. The molecule has 1 N–H and O–H groups in total.